The van der Waals surface area contributed by atoms with E-state index in [9.17, 15) is 9.90 Å². The molecule has 0 aromatic carbocycles. The van der Waals surface area contributed by atoms with Crippen molar-refractivity contribution in [3.05, 3.63) is 23.7 Å². The minimum atomic E-state index is -0.465. The zero-order valence-electron chi connectivity index (χ0n) is 11.4. The Labute approximate surface area is 112 Å². The molecule has 2 N–H and O–H groups in total. The van der Waals surface area contributed by atoms with Crippen molar-refractivity contribution in [1.29, 1.82) is 0 Å². The Morgan fingerprint density at radius 2 is 2.37 bits per heavy atom. The van der Waals surface area contributed by atoms with Gasteiger partial charge in [-0.3, -0.25) is 0 Å². The van der Waals surface area contributed by atoms with Crippen molar-refractivity contribution in [2.24, 2.45) is 5.92 Å². The first-order valence-electron chi connectivity index (χ1n) is 6.70. The van der Waals surface area contributed by atoms with Crippen LogP contribution < -0.4 is 5.32 Å². The second-order valence-corrected chi connectivity index (χ2v) is 5.06. The van der Waals surface area contributed by atoms with Gasteiger partial charge in [-0.15, -0.1) is 0 Å². The zero-order valence-corrected chi connectivity index (χ0v) is 11.4. The van der Waals surface area contributed by atoms with Crippen LogP contribution in [-0.2, 0) is 4.74 Å². The van der Waals surface area contributed by atoms with Crippen LogP contribution in [0.25, 0.3) is 0 Å². The maximum atomic E-state index is 11.3. The van der Waals surface area contributed by atoms with Crippen LogP contribution in [0.4, 0.5) is 0 Å². The monoisotopic (exact) mass is 267 g/mol. The van der Waals surface area contributed by atoms with E-state index >= 15 is 0 Å². The van der Waals surface area contributed by atoms with E-state index in [0.717, 1.165) is 19.3 Å². The highest BCUT2D eigenvalue weighted by Crippen LogP contribution is 2.28. The first-order chi connectivity index (χ1) is 9.15. The van der Waals surface area contributed by atoms with Crippen molar-refractivity contribution in [2.75, 3.05) is 13.7 Å². The van der Waals surface area contributed by atoms with Gasteiger partial charge in [0.15, 0.2) is 0 Å². The molecule has 5 heteroatoms. The van der Waals surface area contributed by atoms with E-state index < -0.39 is 5.97 Å². The lowest BCUT2D eigenvalue weighted by Crippen LogP contribution is -2.35. The second-order valence-electron chi connectivity index (χ2n) is 5.06. The highest BCUT2D eigenvalue weighted by atomic mass is 16.5. The third-order valence-electron chi connectivity index (χ3n) is 3.80. The van der Waals surface area contributed by atoms with Gasteiger partial charge in [-0.1, -0.05) is 6.42 Å². The maximum absolute atomic E-state index is 11.3. The summed E-state index contributed by atoms with van der Waals surface area (Å²) in [6.07, 6.45) is 3.27. The number of furan rings is 1. The average Bonchev–Trinajstić information content (AvgIpc) is 3.06. The SMILES string of the molecule is COC(=O)c1ccc(C(C)NC2CCCC2CO)o1. The van der Waals surface area contributed by atoms with E-state index in [0.29, 0.717) is 17.7 Å². The lowest BCUT2D eigenvalue weighted by Gasteiger charge is -2.22. The summed E-state index contributed by atoms with van der Waals surface area (Å²) in [4.78, 5) is 11.3. The Balaban J connectivity index is 1.97. The van der Waals surface area contributed by atoms with Gasteiger partial charge in [-0.05, 0) is 37.8 Å². The Morgan fingerprint density at radius 3 is 3.05 bits per heavy atom. The molecule has 3 atom stereocenters. The summed E-state index contributed by atoms with van der Waals surface area (Å²) in [5, 5.41) is 12.8. The number of carbonyl (C=O) groups is 1. The number of aliphatic hydroxyl groups excluding tert-OH is 1. The van der Waals surface area contributed by atoms with Crippen LogP contribution in [0, 0.1) is 5.92 Å². The molecule has 1 aliphatic carbocycles. The normalized spacial score (nSPS) is 24.4. The summed E-state index contributed by atoms with van der Waals surface area (Å²) >= 11 is 0. The molecule has 0 saturated heterocycles. The fourth-order valence-electron chi connectivity index (χ4n) is 2.67. The molecule has 0 aliphatic heterocycles. The van der Waals surface area contributed by atoms with Gasteiger partial charge < -0.3 is 19.6 Å². The Hall–Kier alpha value is -1.33. The first kappa shape index (κ1) is 14.1. The number of ether oxygens (including phenoxy) is 1. The van der Waals surface area contributed by atoms with Gasteiger partial charge in [-0.25, -0.2) is 4.79 Å². The maximum Gasteiger partial charge on any atom is 0.373 e. The number of aliphatic hydroxyl groups is 1. The molecular weight excluding hydrogens is 246 g/mol. The van der Waals surface area contributed by atoms with Crippen LogP contribution in [0.2, 0.25) is 0 Å². The molecule has 1 aromatic rings. The molecule has 3 unspecified atom stereocenters. The van der Waals surface area contributed by atoms with Crippen LogP contribution in [0.1, 0.15) is 48.5 Å². The predicted molar refractivity (Wildman–Crippen MR) is 69.8 cm³/mol. The van der Waals surface area contributed by atoms with E-state index in [4.69, 9.17) is 4.42 Å². The second kappa shape index (κ2) is 6.21. The number of esters is 1. The van der Waals surface area contributed by atoms with E-state index in [2.05, 4.69) is 10.1 Å². The highest BCUT2D eigenvalue weighted by Gasteiger charge is 2.28. The van der Waals surface area contributed by atoms with Gasteiger partial charge in [0, 0.05) is 12.6 Å². The Morgan fingerprint density at radius 1 is 1.58 bits per heavy atom. The minimum Gasteiger partial charge on any atom is -0.463 e. The fourth-order valence-corrected chi connectivity index (χ4v) is 2.67. The molecule has 19 heavy (non-hydrogen) atoms. The predicted octanol–water partition coefficient (Wildman–Crippen LogP) is 1.88. The van der Waals surface area contributed by atoms with E-state index in [1.807, 2.05) is 6.92 Å². The molecule has 1 aromatic heterocycles. The lowest BCUT2D eigenvalue weighted by atomic mass is 10.0. The number of carbonyl (C=O) groups excluding carboxylic acids is 1. The molecule has 1 saturated carbocycles. The highest BCUT2D eigenvalue weighted by molar-refractivity contribution is 5.86. The van der Waals surface area contributed by atoms with Crippen LogP contribution in [-0.4, -0.2) is 30.8 Å². The fraction of sp³-hybridized carbons (Fsp3) is 0.643. The van der Waals surface area contributed by atoms with Crippen LogP contribution in [0.3, 0.4) is 0 Å². The number of methoxy groups -OCH3 is 1. The molecule has 0 spiro atoms. The quantitative estimate of drug-likeness (QED) is 0.797. The van der Waals surface area contributed by atoms with Gasteiger partial charge in [0.1, 0.15) is 5.76 Å². The van der Waals surface area contributed by atoms with Crippen molar-refractivity contribution in [3.8, 4) is 0 Å². The van der Waals surface area contributed by atoms with Gasteiger partial charge in [-0.2, -0.15) is 0 Å². The average molecular weight is 267 g/mol. The van der Waals surface area contributed by atoms with Crippen LogP contribution in [0.5, 0.6) is 0 Å². The van der Waals surface area contributed by atoms with Gasteiger partial charge in [0.25, 0.3) is 0 Å². The molecule has 0 bridgehead atoms. The van der Waals surface area contributed by atoms with Crippen molar-refractivity contribution < 1.29 is 19.1 Å². The summed E-state index contributed by atoms with van der Waals surface area (Å²) in [5.41, 5.74) is 0. The molecule has 106 valence electrons. The summed E-state index contributed by atoms with van der Waals surface area (Å²) < 4.78 is 10.1. The molecule has 2 rings (SSSR count). The Kier molecular flexibility index (Phi) is 4.61. The van der Waals surface area contributed by atoms with Gasteiger partial charge in [0.05, 0.1) is 13.2 Å². The molecule has 5 nitrogen and oxygen atoms in total. The third kappa shape index (κ3) is 3.16. The summed E-state index contributed by atoms with van der Waals surface area (Å²) in [5.74, 6) is 0.783. The third-order valence-corrected chi connectivity index (χ3v) is 3.80. The number of rotatable bonds is 5. The number of hydrogen-bond donors (Lipinski definition) is 2. The Bertz CT molecular complexity index is 429. The first-order valence-corrected chi connectivity index (χ1v) is 6.70. The molecule has 1 fully saturated rings. The molecule has 0 amide bonds. The molecule has 0 radical (unpaired) electrons. The van der Waals surface area contributed by atoms with E-state index in [1.165, 1.54) is 7.11 Å². The smallest absolute Gasteiger partial charge is 0.373 e. The standard InChI is InChI=1S/C14H21NO4/c1-9(15-11-5-3-4-10(11)8-16)12-6-7-13(19-12)14(17)18-2/h6-7,9-11,15-16H,3-5,8H2,1-2H3. The van der Waals surface area contributed by atoms with Crippen molar-refractivity contribution >= 4 is 5.97 Å². The van der Waals surface area contributed by atoms with Crippen LogP contribution >= 0.6 is 0 Å². The zero-order chi connectivity index (χ0) is 13.8. The lowest BCUT2D eigenvalue weighted by molar-refractivity contribution is 0.0562. The van der Waals surface area contributed by atoms with Gasteiger partial charge >= 0.3 is 5.97 Å². The summed E-state index contributed by atoms with van der Waals surface area (Å²) in [6.45, 7) is 2.21. The van der Waals surface area contributed by atoms with Crippen molar-refractivity contribution in [1.82, 2.24) is 5.32 Å². The summed E-state index contributed by atoms with van der Waals surface area (Å²) in [7, 11) is 1.33. The minimum absolute atomic E-state index is 0.00977. The van der Waals surface area contributed by atoms with Crippen molar-refractivity contribution in [3.63, 3.8) is 0 Å². The topological polar surface area (TPSA) is 71.7 Å². The molecule has 1 heterocycles. The van der Waals surface area contributed by atoms with Crippen LogP contribution in [0.15, 0.2) is 16.5 Å². The van der Waals surface area contributed by atoms with E-state index in [-0.39, 0.29) is 18.4 Å². The molecular formula is C14H21NO4. The molecule has 1 aliphatic rings. The van der Waals surface area contributed by atoms with E-state index in [1.54, 1.807) is 12.1 Å². The number of hydrogen-bond acceptors (Lipinski definition) is 5. The largest absolute Gasteiger partial charge is 0.463 e. The summed E-state index contributed by atoms with van der Waals surface area (Å²) in [6, 6.07) is 3.73. The van der Waals surface area contributed by atoms with Gasteiger partial charge in [0.2, 0.25) is 5.76 Å². The number of nitrogens with one attached hydrogen (secondary N) is 1. The van der Waals surface area contributed by atoms with Crippen molar-refractivity contribution in [2.45, 2.75) is 38.3 Å².